The van der Waals surface area contributed by atoms with E-state index in [0.29, 0.717) is 6.04 Å². The van der Waals surface area contributed by atoms with Gasteiger partial charge in [-0.25, -0.2) is 9.78 Å². The average Bonchev–Trinajstić information content (AvgIpc) is 2.39. The lowest BCUT2D eigenvalue weighted by atomic mass is 10.2. The predicted octanol–water partition coefficient (Wildman–Crippen LogP) is 1.31. The number of rotatable bonds is 4. The Balaban J connectivity index is 1.92. The normalized spacial score (nSPS) is 17.8. The van der Waals surface area contributed by atoms with E-state index in [9.17, 15) is 4.79 Å². The standard InChI is InChI=1S/C14H21N3O2/c1-11(2)17-8-6-16(7-9-17)10-12-4-3-5-13(15-12)14(18)19/h3-5,11H,6-10H2,1-2H3,(H,18,19). The minimum absolute atomic E-state index is 0.123. The molecule has 1 aromatic heterocycles. The second kappa shape index (κ2) is 6.12. The first-order chi connectivity index (χ1) is 9.06. The van der Waals surface area contributed by atoms with Gasteiger partial charge in [0.15, 0.2) is 0 Å². The Labute approximate surface area is 113 Å². The largest absolute Gasteiger partial charge is 0.477 e. The summed E-state index contributed by atoms with van der Waals surface area (Å²) in [4.78, 5) is 19.8. The summed E-state index contributed by atoms with van der Waals surface area (Å²) in [6, 6.07) is 5.77. The Morgan fingerprint density at radius 1 is 1.32 bits per heavy atom. The molecule has 0 aliphatic carbocycles. The Hall–Kier alpha value is -1.46. The molecule has 0 amide bonds. The van der Waals surface area contributed by atoms with Crippen LogP contribution in [0.1, 0.15) is 30.0 Å². The van der Waals surface area contributed by atoms with Crippen molar-refractivity contribution in [2.24, 2.45) is 0 Å². The summed E-state index contributed by atoms with van der Waals surface area (Å²) >= 11 is 0. The van der Waals surface area contributed by atoms with E-state index in [2.05, 4.69) is 28.6 Å². The number of aromatic carboxylic acids is 1. The molecule has 1 saturated heterocycles. The molecule has 0 unspecified atom stereocenters. The first kappa shape index (κ1) is 14.0. The minimum Gasteiger partial charge on any atom is -0.477 e. The van der Waals surface area contributed by atoms with E-state index in [4.69, 9.17) is 5.11 Å². The first-order valence-corrected chi connectivity index (χ1v) is 6.72. The molecule has 5 nitrogen and oxygen atoms in total. The van der Waals surface area contributed by atoms with Crippen LogP contribution < -0.4 is 0 Å². The summed E-state index contributed by atoms with van der Waals surface area (Å²) in [5, 5.41) is 8.93. The highest BCUT2D eigenvalue weighted by atomic mass is 16.4. The Morgan fingerprint density at radius 2 is 2.00 bits per heavy atom. The molecule has 0 bridgehead atoms. The van der Waals surface area contributed by atoms with Crippen molar-refractivity contribution in [2.45, 2.75) is 26.4 Å². The molecule has 0 radical (unpaired) electrons. The molecule has 1 fully saturated rings. The molecule has 0 aromatic carbocycles. The molecule has 0 spiro atoms. The number of pyridine rings is 1. The van der Waals surface area contributed by atoms with E-state index < -0.39 is 5.97 Å². The second-order valence-corrected chi connectivity index (χ2v) is 5.23. The van der Waals surface area contributed by atoms with Crippen LogP contribution >= 0.6 is 0 Å². The van der Waals surface area contributed by atoms with Gasteiger partial charge in [0.2, 0.25) is 0 Å². The highest BCUT2D eigenvalue weighted by Crippen LogP contribution is 2.09. The van der Waals surface area contributed by atoms with Crippen LogP contribution in [0.25, 0.3) is 0 Å². The van der Waals surface area contributed by atoms with Crippen LogP contribution in [0, 0.1) is 0 Å². The van der Waals surface area contributed by atoms with E-state index in [-0.39, 0.29) is 5.69 Å². The number of hydrogen-bond donors (Lipinski definition) is 1. The van der Waals surface area contributed by atoms with Crippen molar-refractivity contribution in [3.8, 4) is 0 Å². The van der Waals surface area contributed by atoms with Crippen LogP contribution in [0.5, 0.6) is 0 Å². The summed E-state index contributed by atoms with van der Waals surface area (Å²) in [5.74, 6) is -0.966. The lowest BCUT2D eigenvalue weighted by molar-refractivity contribution is 0.0689. The van der Waals surface area contributed by atoms with Crippen LogP contribution in [0.3, 0.4) is 0 Å². The van der Waals surface area contributed by atoms with E-state index in [1.54, 1.807) is 6.07 Å². The van der Waals surface area contributed by atoms with Crippen LogP contribution in [-0.2, 0) is 6.54 Å². The number of aromatic nitrogens is 1. The van der Waals surface area contributed by atoms with Gasteiger partial charge in [0, 0.05) is 38.8 Å². The molecule has 5 heteroatoms. The van der Waals surface area contributed by atoms with Crippen molar-refractivity contribution >= 4 is 5.97 Å². The van der Waals surface area contributed by atoms with Gasteiger partial charge in [0.25, 0.3) is 0 Å². The third-order valence-corrected chi connectivity index (χ3v) is 3.55. The Kier molecular flexibility index (Phi) is 4.50. The third kappa shape index (κ3) is 3.75. The molecular formula is C14H21N3O2. The Morgan fingerprint density at radius 3 is 2.58 bits per heavy atom. The van der Waals surface area contributed by atoms with Gasteiger partial charge in [0.1, 0.15) is 5.69 Å². The number of hydrogen-bond acceptors (Lipinski definition) is 4. The maximum Gasteiger partial charge on any atom is 0.354 e. The minimum atomic E-state index is -0.966. The van der Waals surface area contributed by atoms with Gasteiger partial charge < -0.3 is 5.11 Å². The van der Waals surface area contributed by atoms with Gasteiger partial charge in [-0.3, -0.25) is 9.80 Å². The molecule has 1 aliphatic rings. The van der Waals surface area contributed by atoms with E-state index in [1.807, 2.05) is 6.07 Å². The summed E-state index contributed by atoms with van der Waals surface area (Å²) < 4.78 is 0. The Bertz CT molecular complexity index is 440. The molecular weight excluding hydrogens is 242 g/mol. The van der Waals surface area contributed by atoms with Gasteiger partial charge >= 0.3 is 5.97 Å². The topological polar surface area (TPSA) is 56.7 Å². The quantitative estimate of drug-likeness (QED) is 0.887. The van der Waals surface area contributed by atoms with Gasteiger partial charge in [0.05, 0.1) is 5.69 Å². The predicted molar refractivity (Wildman–Crippen MR) is 73.2 cm³/mol. The molecule has 1 aliphatic heterocycles. The van der Waals surface area contributed by atoms with Crippen LogP contribution in [0.2, 0.25) is 0 Å². The molecule has 2 heterocycles. The van der Waals surface area contributed by atoms with Crippen molar-refractivity contribution in [3.63, 3.8) is 0 Å². The number of carboxylic acid groups (broad SMARTS) is 1. The molecule has 19 heavy (non-hydrogen) atoms. The lowest BCUT2D eigenvalue weighted by Gasteiger charge is -2.36. The summed E-state index contributed by atoms with van der Waals surface area (Å²) in [6.45, 7) is 9.31. The molecule has 1 N–H and O–H groups in total. The van der Waals surface area contributed by atoms with Gasteiger partial charge in [-0.1, -0.05) is 6.07 Å². The SMILES string of the molecule is CC(C)N1CCN(Cc2cccc(C(=O)O)n2)CC1. The van der Waals surface area contributed by atoms with Crippen molar-refractivity contribution in [1.29, 1.82) is 0 Å². The zero-order chi connectivity index (χ0) is 13.8. The number of piperazine rings is 1. The monoisotopic (exact) mass is 263 g/mol. The zero-order valence-corrected chi connectivity index (χ0v) is 11.5. The third-order valence-electron chi connectivity index (χ3n) is 3.55. The zero-order valence-electron chi connectivity index (χ0n) is 11.5. The number of nitrogens with zero attached hydrogens (tertiary/aromatic N) is 3. The van der Waals surface area contributed by atoms with Crippen molar-refractivity contribution in [1.82, 2.24) is 14.8 Å². The molecule has 1 aromatic rings. The van der Waals surface area contributed by atoms with Gasteiger partial charge in [-0.15, -0.1) is 0 Å². The summed E-state index contributed by atoms with van der Waals surface area (Å²) in [5.41, 5.74) is 0.955. The van der Waals surface area contributed by atoms with Crippen LogP contribution in [-0.4, -0.2) is 58.1 Å². The van der Waals surface area contributed by atoms with Crippen LogP contribution in [0.15, 0.2) is 18.2 Å². The molecule has 104 valence electrons. The smallest absolute Gasteiger partial charge is 0.354 e. The lowest BCUT2D eigenvalue weighted by Crippen LogP contribution is -2.48. The van der Waals surface area contributed by atoms with E-state index in [0.717, 1.165) is 38.4 Å². The molecule has 2 rings (SSSR count). The van der Waals surface area contributed by atoms with E-state index in [1.165, 1.54) is 6.07 Å². The average molecular weight is 263 g/mol. The maximum atomic E-state index is 10.9. The highest BCUT2D eigenvalue weighted by Gasteiger charge is 2.19. The van der Waals surface area contributed by atoms with Gasteiger partial charge in [-0.2, -0.15) is 0 Å². The van der Waals surface area contributed by atoms with Crippen molar-refractivity contribution < 1.29 is 9.90 Å². The fourth-order valence-corrected chi connectivity index (χ4v) is 2.35. The van der Waals surface area contributed by atoms with E-state index >= 15 is 0 Å². The van der Waals surface area contributed by atoms with Crippen molar-refractivity contribution in [3.05, 3.63) is 29.6 Å². The second-order valence-electron chi connectivity index (χ2n) is 5.23. The number of carboxylic acids is 1. The first-order valence-electron chi connectivity index (χ1n) is 6.72. The van der Waals surface area contributed by atoms with Crippen molar-refractivity contribution in [2.75, 3.05) is 26.2 Å². The fraction of sp³-hybridized carbons (Fsp3) is 0.571. The molecule has 0 atom stereocenters. The summed E-state index contributed by atoms with van der Waals surface area (Å²) in [7, 11) is 0. The van der Waals surface area contributed by atoms with Gasteiger partial charge in [-0.05, 0) is 26.0 Å². The maximum absolute atomic E-state index is 10.9. The number of carbonyl (C=O) groups is 1. The summed E-state index contributed by atoms with van der Waals surface area (Å²) in [6.07, 6.45) is 0. The van der Waals surface area contributed by atoms with Crippen LogP contribution in [0.4, 0.5) is 0 Å². The fourth-order valence-electron chi connectivity index (χ4n) is 2.35. The highest BCUT2D eigenvalue weighted by molar-refractivity contribution is 5.85. The molecule has 0 saturated carbocycles.